The molecule has 0 atom stereocenters. The van der Waals surface area contributed by atoms with Crippen LogP contribution in [-0.4, -0.2) is 53.8 Å². The minimum atomic E-state index is 0.685. The smallest absolute Gasteiger partial charge is 0.0949 e. The molecule has 1 aliphatic rings. The molecular formula is C14H26N4O. The zero-order chi connectivity index (χ0) is 13.5. The Morgan fingerprint density at radius 3 is 2.84 bits per heavy atom. The first kappa shape index (κ1) is 14.5. The summed E-state index contributed by atoms with van der Waals surface area (Å²) in [5.41, 5.74) is 1.27. The normalized spacial score (nSPS) is 17.2. The summed E-state index contributed by atoms with van der Waals surface area (Å²) >= 11 is 0. The number of hydrogen-bond donors (Lipinski definition) is 1. The molecule has 1 N–H and O–H groups in total. The Hall–Kier alpha value is -0.910. The lowest BCUT2D eigenvalue weighted by atomic mass is 10.2. The highest BCUT2D eigenvalue weighted by Gasteiger charge is 2.10. The lowest BCUT2D eigenvalue weighted by Crippen LogP contribution is -2.38. The van der Waals surface area contributed by atoms with Crippen LogP contribution in [0.4, 0.5) is 0 Å². The molecule has 1 saturated heterocycles. The van der Waals surface area contributed by atoms with Crippen molar-refractivity contribution in [2.24, 2.45) is 5.92 Å². The van der Waals surface area contributed by atoms with Gasteiger partial charge in [0.2, 0.25) is 0 Å². The lowest BCUT2D eigenvalue weighted by Gasteiger charge is -2.26. The summed E-state index contributed by atoms with van der Waals surface area (Å²) in [6.45, 7) is 12.3. The van der Waals surface area contributed by atoms with Crippen LogP contribution in [0.5, 0.6) is 0 Å². The van der Waals surface area contributed by atoms with E-state index in [1.165, 1.54) is 5.69 Å². The van der Waals surface area contributed by atoms with Gasteiger partial charge in [0.05, 0.1) is 25.2 Å². The summed E-state index contributed by atoms with van der Waals surface area (Å²) in [6.07, 6.45) is 3.90. The van der Waals surface area contributed by atoms with Gasteiger partial charge in [-0.15, -0.1) is 0 Å². The van der Waals surface area contributed by atoms with E-state index in [9.17, 15) is 0 Å². The van der Waals surface area contributed by atoms with E-state index >= 15 is 0 Å². The second-order valence-electron chi connectivity index (χ2n) is 5.56. The van der Waals surface area contributed by atoms with Gasteiger partial charge in [0.15, 0.2) is 0 Å². The first-order chi connectivity index (χ1) is 9.25. The van der Waals surface area contributed by atoms with E-state index in [1.54, 1.807) is 0 Å². The van der Waals surface area contributed by atoms with E-state index in [0.717, 1.165) is 52.5 Å². The van der Waals surface area contributed by atoms with E-state index in [2.05, 4.69) is 33.6 Å². The van der Waals surface area contributed by atoms with Crippen molar-refractivity contribution >= 4 is 0 Å². The summed E-state index contributed by atoms with van der Waals surface area (Å²) in [5.74, 6) is 0.685. The Morgan fingerprint density at radius 1 is 1.32 bits per heavy atom. The van der Waals surface area contributed by atoms with E-state index in [4.69, 9.17) is 4.74 Å². The Labute approximate surface area is 116 Å². The summed E-state index contributed by atoms with van der Waals surface area (Å²) in [7, 11) is 0. The topological polar surface area (TPSA) is 42.3 Å². The Balaban J connectivity index is 1.75. The van der Waals surface area contributed by atoms with Crippen molar-refractivity contribution in [1.29, 1.82) is 0 Å². The highest BCUT2D eigenvalue weighted by Crippen LogP contribution is 2.02. The van der Waals surface area contributed by atoms with Crippen LogP contribution in [-0.2, 0) is 17.8 Å². The van der Waals surface area contributed by atoms with Crippen LogP contribution in [0.15, 0.2) is 12.5 Å². The third-order valence-corrected chi connectivity index (χ3v) is 3.42. The van der Waals surface area contributed by atoms with Gasteiger partial charge >= 0.3 is 0 Å². The van der Waals surface area contributed by atoms with E-state index in [-0.39, 0.29) is 0 Å². The predicted molar refractivity (Wildman–Crippen MR) is 76.0 cm³/mol. The monoisotopic (exact) mass is 266 g/mol. The number of aromatic nitrogens is 2. The van der Waals surface area contributed by atoms with Crippen molar-refractivity contribution in [3.05, 3.63) is 18.2 Å². The number of nitrogens with zero attached hydrogens (tertiary/aromatic N) is 3. The van der Waals surface area contributed by atoms with Crippen molar-refractivity contribution in [3.8, 4) is 0 Å². The third kappa shape index (κ3) is 4.93. The molecule has 0 amide bonds. The number of rotatable bonds is 7. The molecule has 0 spiro atoms. The largest absolute Gasteiger partial charge is 0.379 e. The van der Waals surface area contributed by atoms with Gasteiger partial charge in [0.1, 0.15) is 0 Å². The molecule has 0 aromatic carbocycles. The van der Waals surface area contributed by atoms with E-state index in [1.807, 2.05) is 12.5 Å². The minimum absolute atomic E-state index is 0.685. The zero-order valence-electron chi connectivity index (χ0n) is 12.1. The molecule has 1 aromatic heterocycles. The molecule has 5 heteroatoms. The Kier molecular flexibility index (Phi) is 5.82. The molecule has 2 heterocycles. The molecule has 1 aliphatic heterocycles. The van der Waals surface area contributed by atoms with Crippen LogP contribution in [0.2, 0.25) is 0 Å². The van der Waals surface area contributed by atoms with Gasteiger partial charge in [-0.3, -0.25) is 4.90 Å². The molecule has 19 heavy (non-hydrogen) atoms. The van der Waals surface area contributed by atoms with Crippen molar-refractivity contribution in [2.75, 3.05) is 39.4 Å². The van der Waals surface area contributed by atoms with Crippen LogP contribution in [0.3, 0.4) is 0 Å². The number of nitrogens with one attached hydrogen (secondary N) is 1. The van der Waals surface area contributed by atoms with Crippen LogP contribution in [0.1, 0.15) is 19.5 Å². The quantitative estimate of drug-likeness (QED) is 0.798. The van der Waals surface area contributed by atoms with Crippen LogP contribution >= 0.6 is 0 Å². The SMILES string of the molecule is CC(C)CNCc1cncn1CCN1CCOCC1. The van der Waals surface area contributed by atoms with E-state index in [0.29, 0.717) is 5.92 Å². The number of hydrogen-bond acceptors (Lipinski definition) is 4. The standard InChI is InChI=1S/C14H26N4O/c1-13(2)9-15-10-14-11-16-12-18(14)4-3-17-5-7-19-8-6-17/h11-13,15H,3-10H2,1-2H3. The fourth-order valence-corrected chi connectivity index (χ4v) is 2.26. The average Bonchev–Trinajstić information content (AvgIpc) is 2.85. The first-order valence-electron chi connectivity index (χ1n) is 7.25. The maximum atomic E-state index is 5.37. The molecule has 1 fully saturated rings. The third-order valence-electron chi connectivity index (χ3n) is 3.42. The lowest BCUT2D eigenvalue weighted by molar-refractivity contribution is 0.0363. The van der Waals surface area contributed by atoms with Crippen molar-refractivity contribution in [3.63, 3.8) is 0 Å². The maximum Gasteiger partial charge on any atom is 0.0949 e. The van der Waals surface area contributed by atoms with Gasteiger partial charge in [-0.2, -0.15) is 0 Å². The van der Waals surface area contributed by atoms with Gasteiger partial charge in [-0.05, 0) is 12.5 Å². The van der Waals surface area contributed by atoms with Crippen molar-refractivity contribution < 1.29 is 4.74 Å². The number of ether oxygens (including phenoxy) is 1. The summed E-state index contributed by atoms with van der Waals surface area (Å²) in [4.78, 5) is 6.72. The molecule has 0 unspecified atom stereocenters. The molecule has 0 bridgehead atoms. The average molecular weight is 266 g/mol. The molecule has 1 aromatic rings. The molecule has 0 aliphatic carbocycles. The van der Waals surface area contributed by atoms with Crippen LogP contribution in [0, 0.1) is 5.92 Å². The van der Waals surface area contributed by atoms with E-state index < -0.39 is 0 Å². The summed E-state index contributed by atoms with van der Waals surface area (Å²) in [5, 5.41) is 3.47. The number of imidazole rings is 1. The van der Waals surface area contributed by atoms with Gasteiger partial charge in [0, 0.05) is 38.9 Å². The predicted octanol–water partition coefficient (Wildman–Crippen LogP) is 0.961. The summed E-state index contributed by atoms with van der Waals surface area (Å²) in [6, 6.07) is 0. The number of morpholine rings is 1. The van der Waals surface area contributed by atoms with Crippen LogP contribution in [0.25, 0.3) is 0 Å². The Bertz CT molecular complexity index is 358. The van der Waals surface area contributed by atoms with Crippen molar-refractivity contribution in [1.82, 2.24) is 19.8 Å². The molecule has 2 rings (SSSR count). The molecule has 0 radical (unpaired) electrons. The highest BCUT2D eigenvalue weighted by atomic mass is 16.5. The van der Waals surface area contributed by atoms with Gasteiger partial charge < -0.3 is 14.6 Å². The minimum Gasteiger partial charge on any atom is -0.379 e. The molecular weight excluding hydrogens is 240 g/mol. The highest BCUT2D eigenvalue weighted by molar-refractivity contribution is 4.98. The van der Waals surface area contributed by atoms with Crippen LogP contribution < -0.4 is 5.32 Å². The van der Waals surface area contributed by atoms with Gasteiger partial charge in [0.25, 0.3) is 0 Å². The van der Waals surface area contributed by atoms with Crippen molar-refractivity contribution in [2.45, 2.75) is 26.9 Å². The molecule has 5 nitrogen and oxygen atoms in total. The second kappa shape index (κ2) is 7.62. The fraction of sp³-hybridized carbons (Fsp3) is 0.786. The Morgan fingerprint density at radius 2 is 2.11 bits per heavy atom. The first-order valence-corrected chi connectivity index (χ1v) is 7.25. The molecule has 108 valence electrons. The second-order valence-corrected chi connectivity index (χ2v) is 5.56. The van der Waals surface area contributed by atoms with Gasteiger partial charge in [-0.1, -0.05) is 13.8 Å². The zero-order valence-corrected chi connectivity index (χ0v) is 12.1. The van der Waals surface area contributed by atoms with Gasteiger partial charge in [-0.25, -0.2) is 4.98 Å². The maximum absolute atomic E-state index is 5.37. The fourth-order valence-electron chi connectivity index (χ4n) is 2.26. The summed E-state index contributed by atoms with van der Waals surface area (Å²) < 4.78 is 7.62. The molecule has 0 saturated carbocycles.